The Hall–Kier alpha value is -0.610. The van der Waals surface area contributed by atoms with E-state index >= 15 is 0 Å². The lowest BCUT2D eigenvalue weighted by Crippen LogP contribution is -2.45. The molecule has 0 aromatic rings. The molecular weight excluding hydrogens is 144 g/mol. The van der Waals surface area contributed by atoms with Crippen molar-refractivity contribution in [1.82, 2.24) is 5.32 Å². The van der Waals surface area contributed by atoms with Crippen LogP contribution in [0.2, 0.25) is 0 Å². The molecule has 0 heterocycles. The zero-order valence-electron chi connectivity index (χ0n) is 7.26. The Morgan fingerprint density at radius 1 is 1.73 bits per heavy atom. The second-order valence-electron chi connectivity index (χ2n) is 2.60. The minimum atomic E-state index is -0.336. The van der Waals surface area contributed by atoms with Crippen LogP contribution in [-0.2, 0) is 9.53 Å². The third kappa shape index (κ3) is 3.34. The third-order valence-corrected chi connectivity index (χ3v) is 1.62. The van der Waals surface area contributed by atoms with Gasteiger partial charge in [0.05, 0.1) is 12.6 Å². The molecule has 0 bridgehead atoms. The number of carbonyl (C=O) groups excluding carboxylic acids is 1. The van der Waals surface area contributed by atoms with E-state index in [9.17, 15) is 4.79 Å². The highest BCUT2D eigenvalue weighted by atomic mass is 16.5. The number of amides is 1. The molecule has 0 spiro atoms. The fourth-order valence-electron chi connectivity index (χ4n) is 1.07. The lowest BCUT2D eigenvalue weighted by Gasteiger charge is -2.19. The molecule has 0 aromatic heterocycles. The summed E-state index contributed by atoms with van der Waals surface area (Å²) < 4.78 is 4.89. The maximum absolute atomic E-state index is 10.8. The van der Waals surface area contributed by atoms with E-state index in [0.717, 1.165) is 0 Å². The van der Waals surface area contributed by atoms with Gasteiger partial charge >= 0.3 is 0 Å². The average molecular weight is 160 g/mol. The number of hydrogen-bond acceptors (Lipinski definition) is 3. The van der Waals surface area contributed by atoms with Crippen molar-refractivity contribution in [1.29, 1.82) is 0 Å². The molecule has 11 heavy (non-hydrogen) atoms. The van der Waals surface area contributed by atoms with E-state index in [4.69, 9.17) is 10.5 Å². The first-order valence-corrected chi connectivity index (χ1v) is 3.59. The fourth-order valence-corrected chi connectivity index (χ4v) is 1.07. The molecule has 0 saturated heterocycles. The van der Waals surface area contributed by atoms with Gasteiger partial charge in [-0.15, -0.1) is 0 Å². The lowest BCUT2D eigenvalue weighted by atomic mass is 10.0. The molecule has 0 saturated carbocycles. The first kappa shape index (κ1) is 10.4. The zero-order valence-corrected chi connectivity index (χ0v) is 7.26. The van der Waals surface area contributed by atoms with E-state index in [1.165, 1.54) is 0 Å². The average Bonchev–Trinajstić information content (AvgIpc) is 1.88. The highest BCUT2D eigenvalue weighted by molar-refractivity contribution is 5.80. The van der Waals surface area contributed by atoms with Crippen LogP contribution in [0.25, 0.3) is 0 Å². The van der Waals surface area contributed by atoms with Crippen LogP contribution in [0.4, 0.5) is 0 Å². The number of nitrogens with one attached hydrogen (secondary N) is 1. The molecular formula is C7H16N2O2. The number of methoxy groups -OCH3 is 1. The minimum Gasteiger partial charge on any atom is -0.384 e. The molecule has 4 nitrogen and oxygen atoms in total. The van der Waals surface area contributed by atoms with Crippen LogP contribution in [0.5, 0.6) is 0 Å². The van der Waals surface area contributed by atoms with Gasteiger partial charge < -0.3 is 15.8 Å². The predicted molar refractivity (Wildman–Crippen MR) is 43.1 cm³/mol. The second-order valence-corrected chi connectivity index (χ2v) is 2.60. The Morgan fingerprint density at radius 2 is 2.27 bits per heavy atom. The summed E-state index contributed by atoms with van der Waals surface area (Å²) in [4.78, 5) is 10.8. The maximum Gasteiger partial charge on any atom is 0.234 e. The van der Waals surface area contributed by atoms with Gasteiger partial charge in [0.25, 0.3) is 0 Å². The molecule has 0 aliphatic heterocycles. The third-order valence-electron chi connectivity index (χ3n) is 1.62. The molecule has 4 heteroatoms. The van der Waals surface area contributed by atoms with E-state index in [1.807, 2.05) is 6.92 Å². The van der Waals surface area contributed by atoms with Gasteiger partial charge in [0.2, 0.25) is 5.91 Å². The summed E-state index contributed by atoms with van der Waals surface area (Å²) >= 11 is 0. The minimum absolute atomic E-state index is 0.113. The van der Waals surface area contributed by atoms with Gasteiger partial charge in [0.15, 0.2) is 0 Å². The molecule has 0 aromatic carbocycles. The number of ether oxygens (including phenoxy) is 1. The Bertz CT molecular complexity index is 128. The monoisotopic (exact) mass is 160 g/mol. The Balaban J connectivity index is 3.91. The van der Waals surface area contributed by atoms with Crippen LogP contribution in [0.15, 0.2) is 0 Å². The van der Waals surface area contributed by atoms with Gasteiger partial charge in [-0.25, -0.2) is 0 Å². The molecule has 1 amide bonds. The topological polar surface area (TPSA) is 64.3 Å². The van der Waals surface area contributed by atoms with Crippen molar-refractivity contribution >= 4 is 5.91 Å². The van der Waals surface area contributed by atoms with Crippen molar-refractivity contribution in [3.05, 3.63) is 0 Å². The summed E-state index contributed by atoms with van der Waals surface area (Å²) in [6, 6.07) is -0.296. The van der Waals surface area contributed by atoms with E-state index in [-0.39, 0.29) is 17.9 Å². The molecule has 2 atom stereocenters. The molecule has 0 rings (SSSR count). The summed E-state index contributed by atoms with van der Waals surface area (Å²) in [7, 11) is 3.31. The SMILES string of the molecule is CNC(C(N)=O)C(C)COC. The predicted octanol–water partition coefficient (Wildman–Crippen LogP) is -0.658. The Morgan fingerprint density at radius 3 is 2.55 bits per heavy atom. The quantitative estimate of drug-likeness (QED) is 0.561. The van der Waals surface area contributed by atoms with Gasteiger partial charge in [-0.3, -0.25) is 4.79 Å². The molecule has 66 valence electrons. The van der Waals surface area contributed by atoms with E-state index in [2.05, 4.69) is 5.32 Å². The lowest BCUT2D eigenvalue weighted by molar-refractivity contribution is -0.121. The Labute approximate surface area is 67.1 Å². The summed E-state index contributed by atoms with van der Waals surface area (Å²) in [5, 5.41) is 2.83. The summed E-state index contributed by atoms with van der Waals surface area (Å²) in [5.41, 5.74) is 5.12. The molecule has 3 N–H and O–H groups in total. The summed E-state index contributed by atoms with van der Waals surface area (Å²) in [5.74, 6) is -0.223. The van der Waals surface area contributed by atoms with Gasteiger partial charge in [-0.05, 0) is 7.05 Å². The zero-order chi connectivity index (χ0) is 8.85. The molecule has 0 aliphatic rings. The van der Waals surface area contributed by atoms with Crippen molar-refractivity contribution in [2.24, 2.45) is 11.7 Å². The van der Waals surface area contributed by atoms with Crippen molar-refractivity contribution in [2.75, 3.05) is 20.8 Å². The molecule has 0 aliphatic carbocycles. The number of primary amides is 1. The van der Waals surface area contributed by atoms with Gasteiger partial charge in [-0.1, -0.05) is 6.92 Å². The number of hydrogen-bond donors (Lipinski definition) is 2. The molecule has 2 unspecified atom stereocenters. The van der Waals surface area contributed by atoms with E-state index in [0.29, 0.717) is 6.61 Å². The fraction of sp³-hybridized carbons (Fsp3) is 0.857. The number of rotatable bonds is 5. The van der Waals surface area contributed by atoms with Crippen LogP contribution in [0, 0.1) is 5.92 Å². The number of likely N-dealkylation sites (N-methyl/N-ethyl adjacent to an activating group) is 1. The second kappa shape index (κ2) is 5.09. The maximum atomic E-state index is 10.8. The van der Waals surface area contributed by atoms with Crippen molar-refractivity contribution in [3.8, 4) is 0 Å². The highest BCUT2D eigenvalue weighted by Crippen LogP contribution is 2.01. The largest absolute Gasteiger partial charge is 0.384 e. The van der Waals surface area contributed by atoms with Crippen LogP contribution < -0.4 is 11.1 Å². The first-order chi connectivity index (χ1) is 5.13. The normalized spacial score (nSPS) is 15.9. The summed E-state index contributed by atoms with van der Waals surface area (Å²) in [6.07, 6.45) is 0. The van der Waals surface area contributed by atoms with Crippen LogP contribution in [-0.4, -0.2) is 32.7 Å². The summed E-state index contributed by atoms with van der Waals surface area (Å²) in [6.45, 7) is 2.45. The smallest absolute Gasteiger partial charge is 0.234 e. The van der Waals surface area contributed by atoms with E-state index < -0.39 is 0 Å². The van der Waals surface area contributed by atoms with Gasteiger partial charge in [-0.2, -0.15) is 0 Å². The van der Waals surface area contributed by atoms with Crippen LogP contribution >= 0.6 is 0 Å². The molecule has 0 radical (unpaired) electrons. The van der Waals surface area contributed by atoms with Gasteiger partial charge in [0, 0.05) is 13.0 Å². The number of nitrogens with two attached hydrogens (primary N) is 1. The number of carbonyl (C=O) groups is 1. The molecule has 0 fully saturated rings. The van der Waals surface area contributed by atoms with Gasteiger partial charge in [0.1, 0.15) is 0 Å². The standard InChI is InChI=1S/C7H16N2O2/c1-5(4-11-3)6(9-2)7(8)10/h5-6,9H,4H2,1-3H3,(H2,8,10). The Kier molecular flexibility index (Phi) is 4.81. The van der Waals surface area contributed by atoms with E-state index in [1.54, 1.807) is 14.2 Å². The highest BCUT2D eigenvalue weighted by Gasteiger charge is 2.20. The first-order valence-electron chi connectivity index (χ1n) is 3.59. The van der Waals surface area contributed by atoms with Crippen molar-refractivity contribution in [2.45, 2.75) is 13.0 Å². The van der Waals surface area contributed by atoms with Crippen LogP contribution in [0.3, 0.4) is 0 Å². The van der Waals surface area contributed by atoms with Crippen molar-refractivity contribution in [3.63, 3.8) is 0 Å². The van der Waals surface area contributed by atoms with Crippen LogP contribution in [0.1, 0.15) is 6.92 Å². The van der Waals surface area contributed by atoms with Crippen molar-refractivity contribution < 1.29 is 9.53 Å².